The number of hydrogen-bond donors (Lipinski definition) is 0. The van der Waals surface area contributed by atoms with E-state index in [1.54, 1.807) is 0 Å². The molecule has 0 aliphatic carbocycles. The average molecular weight is 261 g/mol. The quantitative estimate of drug-likeness (QED) is 0.779. The van der Waals surface area contributed by atoms with Crippen molar-refractivity contribution >= 4 is 22.8 Å². The van der Waals surface area contributed by atoms with E-state index in [-0.39, 0.29) is 23.1 Å². The number of fused-ring (bicyclic) bond motifs is 1. The molecule has 1 amide bonds. The van der Waals surface area contributed by atoms with Crippen molar-refractivity contribution < 1.29 is 9.59 Å². The van der Waals surface area contributed by atoms with E-state index in [2.05, 4.69) is 0 Å². The van der Waals surface area contributed by atoms with Gasteiger partial charge in [-0.05, 0) is 18.4 Å². The molecular weight excluding hydrogens is 246 g/mol. The maximum atomic E-state index is 12.2. The van der Waals surface area contributed by atoms with Crippen molar-refractivity contribution in [3.8, 4) is 0 Å². The Morgan fingerprint density at radius 1 is 1.06 bits per heavy atom. The molecule has 0 saturated carbocycles. The summed E-state index contributed by atoms with van der Waals surface area (Å²) in [6.07, 6.45) is 2.18. The van der Waals surface area contributed by atoms with Gasteiger partial charge in [0.05, 0.1) is 6.04 Å². The van der Waals surface area contributed by atoms with Crippen LogP contribution in [0.15, 0.2) is 30.3 Å². The number of amides is 1. The maximum Gasteiger partial charge on any atom is 0.224 e. The summed E-state index contributed by atoms with van der Waals surface area (Å²) >= 11 is 1.31. The predicted octanol–water partition coefficient (Wildman–Crippen LogP) is 2.38. The molecule has 2 atom stereocenters. The third-order valence-corrected chi connectivity index (χ3v) is 4.65. The van der Waals surface area contributed by atoms with E-state index in [9.17, 15) is 9.59 Å². The van der Waals surface area contributed by atoms with Gasteiger partial charge in [-0.2, -0.15) is 0 Å². The molecule has 3 rings (SSSR count). The fourth-order valence-electron chi connectivity index (χ4n) is 2.86. The molecule has 3 nitrogen and oxygen atoms in total. The van der Waals surface area contributed by atoms with E-state index in [1.807, 2.05) is 35.2 Å². The lowest BCUT2D eigenvalue weighted by atomic mass is 10.0. The predicted molar refractivity (Wildman–Crippen MR) is 71.1 cm³/mol. The van der Waals surface area contributed by atoms with Crippen molar-refractivity contribution in [1.82, 2.24) is 4.90 Å². The molecule has 1 aromatic rings. The van der Waals surface area contributed by atoms with Crippen LogP contribution in [-0.4, -0.2) is 27.7 Å². The second kappa shape index (κ2) is 4.76. The van der Waals surface area contributed by atoms with E-state index < -0.39 is 0 Å². The van der Waals surface area contributed by atoms with Gasteiger partial charge in [-0.3, -0.25) is 9.59 Å². The Hall–Kier alpha value is -1.29. The van der Waals surface area contributed by atoms with Crippen LogP contribution in [-0.2, 0) is 9.59 Å². The zero-order chi connectivity index (χ0) is 12.5. The van der Waals surface area contributed by atoms with Crippen molar-refractivity contribution in [2.24, 2.45) is 0 Å². The van der Waals surface area contributed by atoms with Crippen LogP contribution in [0.25, 0.3) is 0 Å². The van der Waals surface area contributed by atoms with Gasteiger partial charge in [0.15, 0.2) is 0 Å². The molecule has 0 N–H and O–H groups in total. The second-order valence-electron chi connectivity index (χ2n) is 4.74. The van der Waals surface area contributed by atoms with Crippen LogP contribution in [0.1, 0.15) is 30.9 Å². The lowest BCUT2D eigenvalue weighted by Gasteiger charge is -2.28. The number of benzene rings is 1. The minimum Gasteiger partial charge on any atom is -0.325 e. The van der Waals surface area contributed by atoms with Gasteiger partial charge >= 0.3 is 0 Å². The highest BCUT2D eigenvalue weighted by molar-refractivity contribution is 8.13. The summed E-state index contributed by atoms with van der Waals surface area (Å²) in [5, 5.41) is 0.166. The van der Waals surface area contributed by atoms with E-state index in [0.29, 0.717) is 12.2 Å². The fraction of sp³-hybridized carbons (Fsp3) is 0.429. The number of hydrogen-bond acceptors (Lipinski definition) is 3. The first-order valence-electron chi connectivity index (χ1n) is 6.30. The third kappa shape index (κ3) is 1.94. The van der Waals surface area contributed by atoms with Gasteiger partial charge in [0.25, 0.3) is 0 Å². The summed E-state index contributed by atoms with van der Waals surface area (Å²) < 4.78 is 0. The monoisotopic (exact) mass is 261 g/mol. The Kier molecular flexibility index (Phi) is 3.12. The second-order valence-corrected chi connectivity index (χ2v) is 5.84. The van der Waals surface area contributed by atoms with Crippen LogP contribution < -0.4 is 0 Å². The van der Waals surface area contributed by atoms with Crippen molar-refractivity contribution in [2.75, 3.05) is 5.75 Å². The molecule has 0 bridgehead atoms. The van der Waals surface area contributed by atoms with Crippen molar-refractivity contribution in [3.05, 3.63) is 35.9 Å². The molecule has 2 aliphatic rings. The lowest BCUT2D eigenvalue weighted by Crippen LogP contribution is -2.39. The van der Waals surface area contributed by atoms with Crippen molar-refractivity contribution in [1.29, 1.82) is 0 Å². The first-order valence-corrected chi connectivity index (χ1v) is 7.28. The molecule has 0 aromatic heterocycles. The van der Waals surface area contributed by atoms with Crippen molar-refractivity contribution in [3.63, 3.8) is 0 Å². The first kappa shape index (κ1) is 11.8. The Morgan fingerprint density at radius 3 is 2.56 bits per heavy atom. The SMILES string of the molecule is O=C1SCCC(=O)N2[C@@H](c3ccccc3)CC[C@@H]12. The standard InChI is InChI=1S/C14H15NO2S/c16-13-8-9-18-14(17)12-7-6-11(15(12)13)10-4-2-1-3-5-10/h1-5,11-12H,6-9H2/t11-,12+/m1/s1. The van der Waals surface area contributed by atoms with Crippen LogP contribution in [0.5, 0.6) is 0 Å². The van der Waals surface area contributed by atoms with Crippen LogP contribution >= 0.6 is 11.8 Å². The van der Waals surface area contributed by atoms with Crippen LogP contribution in [0.2, 0.25) is 0 Å². The molecule has 2 heterocycles. The smallest absolute Gasteiger partial charge is 0.224 e. The topological polar surface area (TPSA) is 37.4 Å². The molecule has 0 unspecified atom stereocenters. The Labute approximate surface area is 111 Å². The Morgan fingerprint density at radius 2 is 1.78 bits per heavy atom. The Balaban J connectivity index is 1.94. The highest BCUT2D eigenvalue weighted by Gasteiger charge is 2.42. The zero-order valence-electron chi connectivity index (χ0n) is 10.0. The van der Waals surface area contributed by atoms with Crippen LogP contribution in [0.4, 0.5) is 0 Å². The number of rotatable bonds is 1. The van der Waals surface area contributed by atoms with E-state index in [1.165, 1.54) is 11.8 Å². The van der Waals surface area contributed by atoms with Gasteiger partial charge in [-0.1, -0.05) is 42.1 Å². The number of carbonyl (C=O) groups is 2. The van der Waals surface area contributed by atoms with Crippen LogP contribution in [0.3, 0.4) is 0 Å². The van der Waals surface area contributed by atoms with Gasteiger partial charge in [-0.15, -0.1) is 0 Å². The number of thioether (sulfide) groups is 1. The Bertz CT molecular complexity index is 474. The van der Waals surface area contributed by atoms with Gasteiger partial charge in [0.2, 0.25) is 11.0 Å². The third-order valence-electron chi connectivity index (χ3n) is 3.69. The van der Waals surface area contributed by atoms with E-state index in [4.69, 9.17) is 0 Å². The number of nitrogens with zero attached hydrogens (tertiary/aromatic N) is 1. The molecule has 2 aliphatic heterocycles. The maximum absolute atomic E-state index is 12.2. The highest BCUT2D eigenvalue weighted by atomic mass is 32.2. The minimum atomic E-state index is -0.199. The summed E-state index contributed by atoms with van der Waals surface area (Å²) in [7, 11) is 0. The minimum absolute atomic E-state index is 0.0892. The molecule has 2 fully saturated rings. The summed E-state index contributed by atoms with van der Waals surface area (Å²) in [6.45, 7) is 0. The molecule has 0 radical (unpaired) electrons. The van der Waals surface area contributed by atoms with Crippen molar-refractivity contribution in [2.45, 2.75) is 31.3 Å². The average Bonchev–Trinajstić information content (AvgIpc) is 2.78. The molecule has 1 aromatic carbocycles. The van der Waals surface area contributed by atoms with Gasteiger partial charge in [0, 0.05) is 12.2 Å². The van der Waals surface area contributed by atoms with E-state index in [0.717, 1.165) is 18.4 Å². The fourth-order valence-corrected chi connectivity index (χ4v) is 3.76. The lowest BCUT2D eigenvalue weighted by molar-refractivity contribution is -0.136. The molecular formula is C14H15NO2S. The summed E-state index contributed by atoms with van der Waals surface area (Å²) in [5.41, 5.74) is 1.15. The molecule has 2 saturated heterocycles. The largest absolute Gasteiger partial charge is 0.325 e. The summed E-state index contributed by atoms with van der Waals surface area (Å²) in [5.74, 6) is 0.760. The van der Waals surface area contributed by atoms with Gasteiger partial charge in [-0.25, -0.2) is 0 Å². The zero-order valence-corrected chi connectivity index (χ0v) is 10.9. The first-order chi connectivity index (χ1) is 8.77. The molecule has 94 valence electrons. The van der Waals surface area contributed by atoms with E-state index >= 15 is 0 Å². The van der Waals surface area contributed by atoms with Gasteiger partial charge < -0.3 is 4.90 Å². The summed E-state index contributed by atoms with van der Waals surface area (Å²) in [6, 6.07) is 9.93. The number of carbonyl (C=O) groups excluding carboxylic acids is 2. The highest BCUT2D eigenvalue weighted by Crippen LogP contribution is 2.39. The summed E-state index contributed by atoms with van der Waals surface area (Å²) in [4.78, 5) is 26.0. The van der Waals surface area contributed by atoms with Gasteiger partial charge in [0.1, 0.15) is 6.04 Å². The molecule has 4 heteroatoms. The van der Waals surface area contributed by atoms with Crippen LogP contribution in [0, 0.1) is 0 Å². The molecule has 18 heavy (non-hydrogen) atoms. The molecule has 0 spiro atoms. The normalized spacial score (nSPS) is 28.1.